The van der Waals surface area contributed by atoms with Gasteiger partial charge in [-0.05, 0) is 67.8 Å². The van der Waals surface area contributed by atoms with Gasteiger partial charge in [0.15, 0.2) is 5.96 Å². The highest BCUT2D eigenvalue weighted by molar-refractivity contribution is 14.0. The van der Waals surface area contributed by atoms with Crippen molar-refractivity contribution in [2.75, 3.05) is 57.3 Å². The number of anilines is 1. The first-order chi connectivity index (χ1) is 15.1. The van der Waals surface area contributed by atoms with Crippen molar-refractivity contribution in [3.05, 3.63) is 52.7 Å². The van der Waals surface area contributed by atoms with Gasteiger partial charge in [-0.3, -0.25) is 4.90 Å². The lowest BCUT2D eigenvalue weighted by atomic mass is 10.00. The van der Waals surface area contributed by atoms with Crippen molar-refractivity contribution in [1.29, 1.82) is 0 Å². The molecule has 3 N–H and O–H groups in total. The standard InChI is InChI=1S/C24H37N5OS.HI/c1-3-25-23(27-20-24(2,30)21-11-18-31-19-21)26-12-7-8-13-28-14-16-29(17-15-28)22-9-5-4-6-10-22;/h4-6,9-11,18-19,30H,3,7-8,12-17,20H2,1-2H3,(H2,25,26,27);1H. The molecule has 32 heavy (non-hydrogen) atoms. The average Bonchev–Trinajstić information content (AvgIpc) is 3.34. The van der Waals surface area contributed by atoms with Gasteiger partial charge < -0.3 is 20.6 Å². The van der Waals surface area contributed by atoms with E-state index in [1.165, 1.54) is 12.1 Å². The van der Waals surface area contributed by atoms with E-state index in [0.29, 0.717) is 6.54 Å². The third-order valence-corrected chi connectivity index (χ3v) is 6.40. The van der Waals surface area contributed by atoms with Gasteiger partial charge in [0.1, 0.15) is 5.60 Å². The molecular formula is C24H38IN5OS. The van der Waals surface area contributed by atoms with E-state index in [1.807, 2.05) is 23.8 Å². The lowest BCUT2D eigenvalue weighted by molar-refractivity contribution is 0.0677. The van der Waals surface area contributed by atoms with Crippen LogP contribution in [0.25, 0.3) is 0 Å². The number of nitrogens with one attached hydrogen (secondary N) is 2. The zero-order chi connectivity index (χ0) is 21.9. The van der Waals surface area contributed by atoms with Crippen LogP contribution >= 0.6 is 35.3 Å². The van der Waals surface area contributed by atoms with Gasteiger partial charge in [-0.1, -0.05) is 18.2 Å². The van der Waals surface area contributed by atoms with E-state index < -0.39 is 5.60 Å². The van der Waals surface area contributed by atoms with Crippen molar-refractivity contribution in [2.45, 2.75) is 32.3 Å². The minimum Gasteiger partial charge on any atom is -0.383 e. The quantitative estimate of drug-likeness (QED) is 0.176. The number of hydrogen-bond donors (Lipinski definition) is 3. The topological polar surface area (TPSA) is 63.1 Å². The van der Waals surface area contributed by atoms with Crippen molar-refractivity contribution < 1.29 is 5.11 Å². The fourth-order valence-electron chi connectivity index (χ4n) is 3.77. The minimum atomic E-state index is -0.940. The van der Waals surface area contributed by atoms with E-state index >= 15 is 0 Å². The van der Waals surface area contributed by atoms with Gasteiger partial charge in [0, 0.05) is 45.0 Å². The highest BCUT2D eigenvalue weighted by Crippen LogP contribution is 2.23. The molecule has 2 aromatic rings. The average molecular weight is 572 g/mol. The molecular weight excluding hydrogens is 533 g/mol. The zero-order valence-electron chi connectivity index (χ0n) is 19.3. The first-order valence-electron chi connectivity index (χ1n) is 11.4. The number of aliphatic imine (C=N–C) groups is 1. The Morgan fingerprint density at radius 3 is 2.50 bits per heavy atom. The molecule has 3 rings (SSSR count). The molecule has 1 aromatic carbocycles. The predicted octanol–water partition coefficient (Wildman–Crippen LogP) is 3.73. The van der Waals surface area contributed by atoms with Gasteiger partial charge in [0.2, 0.25) is 0 Å². The summed E-state index contributed by atoms with van der Waals surface area (Å²) >= 11 is 1.59. The number of piperazine rings is 1. The largest absolute Gasteiger partial charge is 0.383 e. The normalized spacial score (nSPS) is 16.8. The summed E-state index contributed by atoms with van der Waals surface area (Å²) in [5.41, 5.74) is 1.31. The molecule has 1 unspecified atom stereocenters. The van der Waals surface area contributed by atoms with Crippen LogP contribution in [0.5, 0.6) is 0 Å². The first kappa shape index (κ1) is 26.9. The Kier molecular flexibility index (Phi) is 11.8. The van der Waals surface area contributed by atoms with E-state index in [-0.39, 0.29) is 24.0 Å². The van der Waals surface area contributed by atoms with Crippen molar-refractivity contribution in [3.63, 3.8) is 0 Å². The van der Waals surface area contributed by atoms with Crippen LogP contribution in [-0.4, -0.2) is 68.3 Å². The molecule has 1 saturated heterocycles. The maximum Gasteiger partial charge on any atom is 0.191 e. The summed E-state index contributed by atoms with van der Waals surface area (Å²) in [6, 6.07) is 12.7. The van der Waals surface area contributed by atoms with Crippen LogP contribution in [0, 0.1) is 0 Å². The molecule has 0 spiro atoms. The number of aliphatic hydroxyl groups is 1. The molecule has 0 amide bonds. The summed E-state index contributed by atoms with van der Waals surface area (Å²) < 4.78 is 0. The number of rotatable bonds is 10. The molecule has 1 atom stereocenters. The van der Waals surface area contributed by atoms with Crippen LogP contribution < -0.4 is 15.5 Å². The molecule has 1 aliphatic rings. The predicted molar refractivity (Wildman–Crippen MR) is 148 cm³/mol. The fourth-order valence-corrected chi connectivity index (χ4v) is 4.56. The highest BCUT2D eigenvalue weighted by Gasteiger charge is 2.23. The Balaban J connectivity index is 0.00000363. The molecule has 6 nitrogen and oxygen atoms in total. The number of benzene rings is 1. The number of unbranched alkanes of at least 4 members (excludes halogenated alkanes) is 1. The number of nitrogens with zero attached hydrogens (tertiary/aromatic N) is 3. The van der Waals surface area contributed by atoms with Crippen molar-refractivity contribution in [2.24, 2.45) is 4.99 Å². The number of para-hydroxylation sites is 1. The molecule has 1 fully saturated rings. The van der Waals surface area contributed by atoms with Crippen molar-refractivity contribution in [1.82, 2.24) is 15.5 Å². The maximum absolute atomic E-state index is 10.7. The highest BCUT2D eigenvalue weighted by atomic mass is 127. The lowest BCUT2D eigenvalue weighted by Gasteiger charge is -2.36. The summed E-state index contributed by atoms with van der Waals surface area (Å²) in [6.45, 7) is 11.5. The SMILES string of the molecule is CCNC(=NCC(C)(O)c1ccsc1)NCCCCN1CCN(c2ccccc2)CC1.I. The third kappa shape index (κ3) is 8.53. The first-order valence-corrected chi connectivity index (χ1v) is 12.3. The Hall–Kier alpha value is -1.36. The Labute approximate surface area is 214 Å². The Morgan fingerprint density at radius 2 is 1.84 bits per heavy atom. The molecule has 2 heterocycles. The van der Waals surface area contributed by atoms with Crippen molar-refractivity contribution >= 4 is 47.0 Å². The van der Waals surface area contributed by atoms with E-state index in [1.54, 1.807) is 11.3 Å². The molecule has 0 bridgehead atoms. The van der Waals surface area contributed by atoms with Gasteiger partial charge in [0.05, 0.1) is 6.54 Å². The second-order valence-electron chi connectivity index (χ2n) is 8.28. The number of thiophene rings is 1. The van der Waals surface area contributed by atoms with Gasteiger partial charge in [-0.2, -0.15) is 11.3 Å². The number of halogens is 1. The van der Waals surface area contributed by atoms with Crippen LogP contribution in [-0.2, 0) is 5.60 Å². The second kappa shape index (κ2) is 14.0. The second-order valence-corrected chi connectivity index (χ2v) is 9.06. The summed E-state index contributed by atoms with van der Waals surface area (Å²) in [4.78, 5) is 9.64. The maximum atomic E-state index is 10.7. The molecule has 0 saturated carbocycles. The summed E-state index contributed by atoms with van der Waals surface area (Å²) in [7, 11) is 0. The van der Waals surface area contributed by atoms with E-state index in [2.05, 4.69) is 62.7 Å². The molecule has 0 radical (unpaired) electrons. The number of guanidine groups is 1. The van der Waals surface area contributed by atoms with Crippen LogP contribution in [0.1, 0.15) is 32.3 Å². The van der Waals surface area contributed by atoms with Crippen molar-refractivity contribution in [3.8, 4) is 0 Å². The Bertz CT molecular complexity index is 777. The smallest absolute Gasteiger partial charge is 0.191 e. The van der Waals surface area contributed by atoms with Crippen LogP contribution in [0.2, 0.25) is 0 Å². The summed E-state index contributed by atoms with van der Waals surface area (Å²) in [6.07, 6.45) is 2.27. The monoisotopic (exact) mass is 571 g/mol. The molecule has 1 aliphatic heterocycles. The Morgan fingerprint density at radius 1 is 1.09 bits per heavy atom. The van der Waals surface area contributed by atoms with Crippen LogP contribution in [0.15, 0.2) is 52.2 Å². The minimum absolute atomic E-state index is 0. The van der Waals surface area contributed by atoms with E-state index in [9.17, 15) is 5.11 Å². The summed E-state index contributed by atoms with van der Waals surface area (Å²) in [5.74, 6) is 0.773. The summed E-state index contributed by atoms with van der Waals surface area (Å²) in [5, 5.41) is 21.3. The lowest BCUT2D eigenvalue weighted by Crippen LogP contribution is -2.46. The molecule has 8 heteroatoms. The molecule has 178 valence electrons. The van der Waals surface area contributed by atoms with Crippen LogP contribution in [0.3, 0.4) is 0 Å². The number of hydrogen-bond acceptors (Lipinski definition) is 5. The third-order valence-electron chi connectivity index (χ3n) is 5.72. The van der Waals surface area contributed by atoms with E-state index in [4.69, 9.17) is 0 Å². The van der Waals surface area contributed by atoms with E-state index in [0.717, 1.165) is 63.8 Å². The molecule has 1 aromatic heterocycles. The molecule has 0 aliphatic carbocycles. The van der Waals surface area contributed by atoms with Gasteiger partial charge in [-0.25, -0.2) is 4.99 Å². The van der Waals surface area contributed by atoms with Gasteiger partial charge >= 0.3 is 0 Å². The zero-order valence-corrected chi connectivity index (χ0v) is 22.4. The fraction of sp³-hybridized carbons (Fsp3) is 0.542. The van der Waals surface area contributed by atoms with Crippen LogP contribution in [0.4, 0.5) is 5.69 Å². The van der Waals surface area contributed by atoms with Gasteiger partial charge in [0.25, 0.3) is 0 Å². The van der Waals surface area contributed by atoms with Gasteiger partial charge in [-0.15, -0.1) is 24.0 Å².